The van der Waals surface area contributed by atoms with Crippen molar-refractivity contribution in [3.63, 3.8) is 0 Å². The Balaban J connectivity index is 1.68. The average Bonchev–Trinajstić information content (AvgIpc) is 2.75. The fourth-order valence-corrected chi connectivity index (χ4v) is 3.19. The topological polar surface area (TPSA) is 61.4 Å². The van der Waals surface area contributed by atoms with Gasteiger partial charge in [-0.05, 0) is 68.5 Å². The Morgan fingerprint density at radius 3 is 2.27 bits per heavy atom. The number of rotatable bonds is 5. The molecule has 0 saturated carbocycles. The highest BCUT2D eigenvalue weighted by Gasteiger charge is 2.16. The molecule has 0 heterocycles. The molecule has 0 atom stereocenters. The number of anilines is 2. The molecule has 3 aromatic rings. The lowest BCUT2D eigenvalue weighted by atomic mass is 10.1. The number of hydrogen-bond donors (Lipinski definition) is 2. The van der Waals surface area contributed by atoms with Crippen LogP contribution in [0.1, 0.15) is 33.2 Å². The molecular weight excluding hydrogens is 394 g/mol. The number of benzene rings is 3. The van der Waals surface area contributed by atoms with Crippen molar-refractivity contribution in [3.8, 4) is 0 Å². The summed E-state index contributed by atoms with van der Waals surface area (Å²) in [5.41, 5.74) is 3.59. The highest BCUT2D eigenvalue weighted by Crippen LogP contribution is 2.18. The molecule has 0 aromatic heterocycles. The summed E-state index contributed by atoms with van der Waals surface area (Å²) in [5, 5.41) is 5.80. The number of carbonyl (C=O) groups is 2. The van der Waals surface area contributed by atoms with E-state index in [4.69, 9.17) is 12.2 Å². The summed E-state index contributed by atoms with van der Waals surface area (Å²) < 4.78 is 0. The van der Waals surface area contributed by atoms with E-state index in [1.807, 2.05) is 56.3 Å². The second-order valence-corrected chi connectivity index (χ2v) is 7.15. The normalized spacial score (nSPS) is 10.2. The molecule has 0 spiro atoms. The first-order chi connectivity index (χ1) is 14.5. The molecule has 0 fully saturated rings. The molecule has 2 N–H and O–H groups in total. The Morgan fingerprint density at radius 2 is 1.60 bits per heavy atom. The van der Waals surface area contributed by atoms with E-state index in [2.05, 4.69) is 10.6 Å². The number of amides is 2. The number of nitrogens with zero attached hydrogens (tertiary/aromatic N) is 1. The van der Waals surface area contributed by atoms with Crippen LogP contribution in [0.2, 0.25) is 0 Å². The van der Waals surface area contributed by atoms with E-state index in [1.165, 1.54) is 0 Å². The molecule has 0 saturated heterocycles. The second-order valence-electron chi connectivity index (χ2n) is 6.74. The Morgan fingerprint density at radius 1 is 0.900 bits per heavy atom. The summed E-state index contributed by atoms with van der Waals surface area (Å²) in [5.74, 6) is -0.400. The zero-order chi connectivity index (χ0) is 21.5. The lowest BCUT2D eigenvalue weighted by Gasteiger charge is -2.21. The smallest absolute Gasteiger partial charge is 0.258 e. The van der Waals surface area contributed by atoms with Crippen LogP contribution in [0.3, 0.4) is 0 Å². The summed E-state index contributed by atoms with van der Waals surface area (Å²) in [7, 11) is 0. The summed E-state index contributed by atoms with van der Waals surface area (Å²) in [6.07, 6.45) is 0. The van der Waals surface area contributed by atoms with E-state index >= 15 is 0 Å². The predicted octanol–water partition coefficient (Wildman–Crippen LogP) is 4.79. The first kappa shape index (κ1) is 21.2. The van der Waals surface area contributed by atoms with Gasteiger partial charge in [0.05, 0.1) is 0 Å². The summed E-state index contributed by atoms with van der Waals surface area (Å²) in [4.78, 5) is 27.0. The van der Waals surface area contributed by atoms with E-state index in [9.17, 15) is 9.59 Å². The van der Waals surface area contributed by atoms with Gasteiger partial charge in [-0.1, -0.05) is 42.0 Å². The molecule has 30 heavy (non-hydrogen) atoms. The van der Waals surface area contributed by atoms with Crippen LogP contribution in [0.15, 0.2) is 78.9 Å². The van der Waals surface area contributed by atoms with Gasteiger partial charge in [-0.25, -0.2) is 0 Å². The van der Waals surface area contributed by atoms with Crippen molar-refractivity contribution in [1.82, 2.24) is 5.32 Å². The molecule has 152 valence electrons. The Hall–Kier alpha value is -3.51. The van der Waals surface area contributed by atoms with Crippen molar-refractivity contribution in [2.45, 2.75) is 13.8 Å². The second kappa shape index (κ2) is 9.80. The van der Waals surface area contributed by atoms with Crippen LogP contribution in [0, 0.1) is 6.92 Å². The molecule has 3 aromatic carbocycles. The number of hydrogen-bond acceptors (Lipinski definition) is 3. The van der Waals surface area contributed by atoms with Gasteiger partial charge in [-0.15, -0.1) is 0 Å². The van der Waals surface area contributed by atoms with Crippen LogP contribution in [0.5, 0.6) is 0 Å². The van der Waals surface area contributed by atoms with Gasteiger partial charge < -0.3 is 10.2 Å². The van der Waals surface area contributed by atoms with Crippen LogP contribution < -0.4 is 15.5 Å². The van der Waals surface area contributed by atoms with E-state index in [0.29, 0.717) is 23.4 Å². The molecule has 0 aliphatic heterocycles. The third-order valence-electron chi connectivity index (χ3n) is 4.54. The first-order valence-electron chi connectivity index (χ1n) is 9.64. The Kier molecular flexibility index (Phi) is 6.93. The summed E-state index contributed by atoms with van der Waals surface area (Å²) >= 11 is 5.26. The zero-order valence-corrected chi connectivity index (χ0v) is 17.7. The number of aryl methyl sites for hydroxylation is 1. The molecule has 2 amide bonds. The minimum absolute atomic E-state index is 0.109. The first-order valence-corrected chi connectivity index (χ1v) is 10.0. The minimum Gasteiger partial charge on any atom is -0.332 e. The van der Waals surface area contributed by atoms with E-state index < -0.39 is 0 Å². The van der Waals surface area contributed by atoms with Crippen molar-refractivity contribution in [2.24, 2.45) is 0 Å². The van der Waals surface area contributed by atoms with Crippen molar-refractivity contribution in [2.75, 3.05) is 16.8 Å². The molecule has 0 radical (unpaired) electrons. The standard InChI is InChI=1S/C24H23N3O2S/c1-3-27(21-10-5-4-6-11-21)23(29)19-8-7-9-20(16-19)25-24(30)26-22(28)18-14-12-17(2)13-15-18/h4-16H,3H2,1-2H3,(H2,25,26,28,30). The third kappa shape index (κ3) is 5.30. The highest BCUT2D eigenvalue weighted by molar-refractivity contribution is 7.80. The van der Waals surface area contributed by atoms with Crippen LogP contribution >= 0.6 is 12.2 Å². The van der Waals surface area contributed by atoms with Gasteiger partial charge in [0.2, 0.25) is 0 Å². The van der Waals surface area contributed by atoms with Crippen molar-refractivity contribution < 1.29 is 9.59 Å². The molecule has 0 bridgehead atoms. The van der Waals surface area contributed by atoms with Gasteiger partial charge in [0.1, 0.15) is 0 Å². The number of carbonyl (C=O) groups excluding carboxylic acids is 2. The van der Waals surface area contributed by atoms with Gasteiger partial charge in [-0.2, -0.15) is 0 Å². The largest absolute Gasteiger partial charge is 0.332 e. The third-order valence-corrected chi connectivity index (χ3v) is 4.74. The number of thiocarbonyl (C=S) groups is 1. The monoisotopic (exact) mass is 417 g/mol. The minimum atomic E-state index is -0.291. The van der Waals surface area contributed by atoms with Gasteiger partial charge >= 0.3 is 0 Å². The molecule has 0 unspecified atom stereocenters. The van der Waals surface area contributed by atoms with Gasteiger partial charge in [0.25, 0.3) is 11.8 Å². The van der Waals surface area contributed by atoms with Crippen molar-refractivity contribution in [1.29, 1.82) is 0 Å². The van der Waals surface area contributed by atoms with Gasteiger partial charge in [-0.3, -0.25) is 14.9 Å². The Bertz CT molecular complexity index is 1050. The SMILES string of the molecule is CCN(C(=O)c1cccc(NC(=S)NC(=O)c2ccc(C)cc2)c1)c1ccccc1. The van der Waals surface area contributed by atoms with Crippen LogP contribution in [-0.4, -0.2) is 23.5 Å². The molecule has 3 rings (SSSR count). The zero-order valence-electron chi connectivity index (χ0n) is 16.9. The van der Waals surface area contributed by atoms with E-state index in [-0.39, 0.29) is 16.9 Å². The van der Waals surface area contributed by atoms with Crippen LogP contribution in [-0.2, 0) is 0 Å². The quantitative estimate of drug-likeness (QED) is 0.586. The molecule has 0 aliphatic rings. The molecule has 5 nitrogen and oxygen atoms in total. The van der Waals surface area contributed by atoms with Crippen LogP contribution in [0.4, 0.5) is 11.4 Å². The Labute approximate surface area is 181 Å². The fraction of sp³-hybridized carbons (Fsp3) is 0.125. The average molecular weight is 418 g/mol. The molecule has 0 aliphatic carbocycles. The maximum absolute atomic E-state index is 13.0. The number of nitrogens with one attached hydrogen (secondary N) is 2. The summed E-state index contributed by atoms with van der Waals surface area (Å²) in [6.45, 7) is 4.44. The van der Waals surface area contributed by atoms with Crippen molar-refractivity contribution in [3.05, 3.63) is 95.6 Å². The maximum Gasteiger partial charge on any atom is 0.258 e. The highest BCUT2D eigenvalue weighted by atomic mass is 32.1. The van der Waals surface area contributed by atoms with Crippen molar-refractivity contribution >= 4 is 40.5 Å². The molecule has 6 heteroatoms. The summed E-state index contributed by atoms with van der Waals surface area (Å²) in [6, 6.07) is 23.8. The lowest BCUT2D eigenvalue weighted by molar-refractivity contribution is 0.0973. The van der Waals surface area contributed by atoms with Gasteiger partial charge in [0, 0.05) is 29.0 Å². The van der Waals surface area contributed by atoms with E-state index in [0.717, 1.165) is 11.3 Å². The van der Waals surface area contributed by atoms with Crippen LogP contribution in [0.25, 0.3) is 0 Å². The number of para-hydroxylation sites is 1. The fourth-order valence-electron chi connectivity index (χ4n) is 2.98. The maximum atomic E-state index is 13.0. The molecular formula is C24H23N3O2S. The van der Waals surface area contributed by atoms with E-state index in [1.54, 1.807) is 41.3 Å². The van der Waals surface area contributed by atoms with Gasteiger partial charge in [0.15, 0.2) is 5.11 Å². The predicted molar refractivity (Wildman–Crippen MR) is 125 cm³/mol. The lowest BCUT2D eigenvalue weighted by Crippen LogP contribution is -2.34.